The van der Waals surface area contributed by atoms with Gasteiger partial charge in [-0.15, -0.1) is 0 Å². The van der Waals surface area contributed by atoms with E-state index < -0.39 is 0 Å². The van der Waals surface area contributed by atoms with Crippen LogP contribution in [0.3, 0.4) is 0 Å². The Hall–Kier alpha value is -1.39. The number of hydrogen-bond acceptors (Lipinski definition) is 3. The Morgan fingerprint density at radius 3 is 2.74 bits per heavy atom. The van der Waals surface area contributed by atoms with Gasteiger partial charge in [0.1, 0.15) is 5.52 Å². The van der Waals surface area contributed by atoms with Gasteiger partial charge < -0.3 is 9.64 Å². The molecule has 0 unspecified atom stereocenters. The molecule has 1 aliphatic heterocycles. The zero-order chi connectivity index (χ0) is 16.4. The maximum absolute atomic E-state index is 14.8. The summed E-state index contributed by atoms with van der Waals surface area (Å²) in [6, 6.07) is 5.34. The van der Waals surface area contributed by atoms with E-state index in [1.165, 1.54) is 0 Å². The summed E-state index contributed by atoms with van der Waals surface area (Å²) in [5, 5.41) is 1.19. The van der Waals surface area contributed by atoms with E-state index >= 15 is 0 Å². The van der Waals surface area contributed by atoms with E-state index in [2.05, 4.69) is 23.7 Å². The molecule has 1 fully saturated rings. The van der Waals surface area contributed by atoms with Crippen LogP contribution in [0.15, 0.2) is 24.4 Å². The number of benzene rings is 1. The Bertz CT molecular complexity index is 684. The second-order valence-corrected chi connectivity index (χ2v) is 6.91. The molecular weight excluding hydrogens is 315 g/mol. The fraction of sp³-hybridized carbons (Fsp3) is 0.500. The molecule has 0 bridgehead atoms. The molecule has 2 heterocycles. The van der Waals surface area contributed by atoms with Crippen molar-refractivity contribution < 1.29 is 9.13 Å². The fourth-order valence-corrected chi connectivity index (χ4v) is 3.18. The molecule has 0 spiro atoms. The summed E-state index contributed by atoms with van der Waals surface area (Å²) < 4.78 is 20.7. The van der Waals surface area contributed by atoms with E-state index in [0.717, 1.165) is 32.5 Å². The van der Waals surface area contributed by atoms with Gasteiger partial charge in [-0.25, -0.2) is 4.39 Å². The maximum Gasteiger partial charge on any atom is 0.172 e. The predicted octanol–water partition coefficient (Wildman–Crippen LogP) is 4.67. The minimum atomic E-state index is -0.286. The van der Waals surface area contributed by atoms with E-state index in [4.69, 9.17) is 16.3 Å². The van der Waals surface area contributed by atoms with Crippen LogP contribution in [-0.2, 0) is 4.74 Å². The molecule has 0 N–H and O–H groups in total. The number of piperidine rings is 1. The number of fused-ring (bicyclic) bond motifs is 1. The SMILES string of the molecule is CC(C)COC1CCN(c2ccc3c(Cl)ccnc3c2F)CC1. The lowest BCUT2D eigenvalue weighted by Gasteiger charge is -2.34. The Labute approximate surface area is 141 Å². The first-order valence-electron chi connectivity index (χ1n) is 8.15. The maximum atomic E-state index is 14.8. The summed E-state index contributed by atoms with van der Waals surface area (Å²) in [6.07, 6.45) is 3.67. The average Bonchev–Trinajstić information content (AvgIpc) is 2.55. The van der Waals surface area contributed by atoms with Crippen molar-refractivity contribution in [3.05, 3.63) is 35.2 Å². The Morgan fingerprint density at radius 1 is 1.30 bits per heavy atom. The Kier molecular flexibility index (Phi) is 5.02. The lowest BCUT2D eigenvalue weighted by atomic mass is 10.1. The van der Waals surface area contributed by atoms with Crippen molar-refractivity contribution >= 4 is 28.2 Å². The average molecular weight is 337 g/mol. The van der Waals surface area contributed by atoms with Gasteiger partial charge in [0, 0.05) is 31.3 Å². The van der Waals surface area contributed by atoms with Gasteiger partial charge in [-0.05, 0) is 37.0 Å². The summed E-state index contributed by atoms with van der Waals surface area (Å²) in [5.74, 6) is 0.258. The first-order valence-corrected chi connectivity index (χ1v) is 8.53. The molecule has 1 aromatic heterocycles. The third kappa shape index (κ3) is 3.59. The zero-order valence-corrected chi connectivity index (χ0v) is 14.3. The summed E-state index contributed by atoms with van der Waals surface area (Å²) in [7, 11) is 0. The smallest absolute Gasteiger partial charge is 0.172 e. The van der Waals surface area contributed by atoms with Crippen LogP contribution in [-0.4, -0.2) is 30.8 Å². The summed E-state index contributed by atoms with van der Waals surface area (Å²) in [6.45, 7) is 6.68. The summed E-state index contributed by atoms with van der Waals surface area (Å²) >= 11 is 6.11. The normalized spacial score (nSPS) is 16.5. The third-order valence-corrected chi connectivity index (χ3v) is 4.56. The topological polar surface area (TPSA) is 25.4 Å². The summed E-state index contributed by atoms with van der Waals surface area (Å²) in [5.41, 5.74) is 0.947. The van der Waals surface area contributed by atoms with Gasteiger partial charge >= 0.3 is 0 Å². The molecule has 0 aliphatic carbocycles. The van der Waals surface area contributed by atoms with E-state index in [1.54, 1.807) is 18.3 Å². The number of ether oxygens (including phenoxy) is 1. The van der Waals surface area contributed by atoms with Gasteiger partial charge in [0.2, 0.25) is 0 Å². The van der Waals surface area contributed by atoms with Crippen molar-refractivity contribution in [2.45, 2.75) is 32.8 Å². The van der Waals surface area contributed by atoms with Gasteiger partial charge in [-0.1, -0.05) is 25.4 Å². The number of nitrogens with zero attached hydrogens (tertiary/aromatic N) is 2. The highest BCUT2D eigenvalue weighted by molar-refractivity contribution is 6.35. The number of halogens is 2. The Balaban J connectivity index is 1.74. The molecule has 0 saturated carbocycles. The highest BCUT2D eigenvalue weighted by atomic mass is 35.5. The fourth-order valence-electron chi connectivity index (χ4n) is 2.98. The molecular formula is C18H22ClFN2O. The first-order chi connectivity index (χ1) is 11.1. The molecule has 0 amide bonds. The third-order valence-electron chi connectivity index (χ3n) is 4.23. The molecule has 0 atom stereocenters. The van der Waals surface area contributed by atoms with Gasteiger partial charge in [-0.3, -0.25) is 4.98 Å². The number of anilines is 1. The van der Waals surface area contributed by atoms with Gasteiger partial charge in [0.25, 0.3) is 0 Å². The van der Waals surface area contributed by atoms with Crippen molar-refractivity contribution in [2.24, 2.45) is 5.92 Å². The van der Waals surface area contributed by atoms with E-state index in [-0.39, 0.29) is 11.9 Å². The van der Waals surface area contributed by atoms with Crippen molar-refractivity contribution in [2.75, 3.05) is 24.6 Å². The number of hydrogen-bond donors (Lipinski definition) is 0. The molecule has 5 heteroatoms. The van der Waals surface area contributed by atoms with Crippen molar-refractivity contribution in [1.82, 2.24) is 4.98 Å². The number of rotatable bonds is 4. The van der Waals surface area contributed by atoms with Crippen molar-refractivity contribution in [3.8, 4) is 0 Å². The second kappa shape index (κ2) is 7.02. The summed E-state index contributed by atoms with van der Waals surface area (Å²) in [4.78, 5) is 6.23. The monoisotopic (exact) mass is 336 g/mol. The van der Waals surface area contributed by atoms with Crippen LogP contribution in [0, 0.1) is 11.7 Å². The van der Waals surface area contributed by atoms with Crippen LogP contribution in [0.1, 0.15) is 26.7 Å². The van der Waals surface area contributed by atoms with E-state index in [9.17, 15) is 4.39 Å². The molecule has 3 rings (SSSR count). The minimum Gasteiger partial charge on any atom is -0.378 e. The zero-order valence-electron chi connectivity index (χ0n) is 13.6. The largest absolute Gasteiger partial charge is 0.378 e. The number of pyridine rings is 1. The van der Waals surface area contributed by atoms with E-state index in [1.807, 2.05) is 6.07 Å². The molecule has 1 aliphatic rings. The lowest BCUT2D eigenvalue weighted by Crippen LogP contribution is -2.38. The van der Waals surface area contributed by atoms with Crippen molar-refractivity contribution in [1.29, 1.82) is 0 Å². The second-order valence-electron chi connectivity index (χ2n) is 6.50. The molecule has 2 aromatic rings. The van der Waals surface area contributed by atoms with Crippen molar-refractivity contribution in [3.63, 3.8) is 0 Å². The molecule has 23 heavy (non-hydrogen) atoms. The highest BCUT2D eigenvalue weighted by Crippen LogP contribution is 2.31. The van der Waals surface area contributed by atoms with Crippen LogP contribution >= 0.6 is 11.6 Å². The molecule has 1 aromatic carbocycles. The van der Waals surface area contributed by atoms with Gasteiger partial charge in [0.15, 0.2) is 5.82 Å². The van der Waals surface area contributed by atoms with E-state index in [0.29, 0.717) is 27.5 Å². The lowest BCUT2D eigenvalue weighted by molar-refractivity contribution is 0.0214. The molecule has 0 radical (unpaired) electrons. The van der Waals surface area contributed by atoms with Gasteiger partial charge in [0.05, 0.1) is 16.8 Å². The van der Waals surface area contributed by atoms with Crippen LogP contribution in [0.25, 0.3) is 10.9 Å². The van der Waals surface area contributed by atoms with Gasteiger partial charge in [-0.2, -0.15) is 0 Å². The Morgan fingerprint density at radius 2 is 2.04 bits per heavy atom. The van der Waals surface area contributed by atoms with Crippen LogP contribution < -0.4 is 4.90 Å². The first kappa shape index (κ1) is 16.5. The highest BCUT2D eigenvalue weighted by Gasteiger charge is 2.23. The van der Waals surface area contributed by atoms with Crippen LogP contribution in [0.4, 0.5) is 10.1 Å². The quantitative estimate of drug-likeness (QED) is 0.811. The van der Waals surface area contributed by atoms with Crippen LogP contribution in [0.2, 0.25) is 5.02 Å². The molecule has 1 saturated heterocycles. The van der Waals surface area contributed by atoms with Crippen LogP contribution in [0.5, 0.6) is 0 Å². The number of aromatic nitrogens is 1. The molecule has 3 nitrogen and oxygen atoms in total. The predicted molar refractivity (Wildman–Crippen MR) is 92.7 cm³/mol. The standard InChI is InChI=1S/C18H22ClFN2O/c1-12(2)11-23-13-6-9-22(10-7-13)16-4-3-14-15(19)5-8-21-18(14)17(16)20/h3-5,8,12-13H,6-7,9-11H2,1-2H3. The molecule has 124 valence electrons. The minimum absolute atomic E-state index is 0.282.